The standard InChI is InChI=1S/C13H15ClN2O2/c1-8(2)11-12(17)16-13(18-11)15-7-9-3-5-10(14)6-4-9/h3-6,8,17H,7H2,1-2H3,(H,15,16). The van der Waals surface area contributed by atoms with E-state index in [9.17, 15) is 5.11 Å². The molecule has 0 aliphatic heterocycles. The Labute approximate surface area is 111 Å². The van der Waals surface area contributed by atoms with Crippen molar-refractivity contribution in [3.8, 4) is 5.88 Å². The number of hydrogen-bond donors (Lipinski definition) is 2. The molecule has 0 spiro atoms. The molecule has 0 aliphatic rings. The van der Waals surface area contributed by atoms with Gasteiger partial charge < -0.3 is 14.8 Å². The Bertz CT molecular complexity index is 520. The van der Waals surface area contributed by atoms with Crippen LogP contribution < -0.4 is 5.32 Å². The number of nitrogens with one attached hydrogen (secondary N) is 1. The Kier molecular flexibility index (Phi) is 3.77. The van der Waals surface area contributed by atoms with E-state index >= 15 is 0 Å². The van der Waals surface area contributed by atoms with Gasteiger partial charge in [-0.15, -0.1) is 0 Å². The number of oxazole rings is 1. The molecule has 1 aromatic heterocycles. The number of aromatic hydroxyl groups is 1. The van der Waals surface area contributed by atoms with E-state index in [0.717, 1.165) is 5.56 Å². The topological polar surface area (TPSA) is 58.3 Å². The Balaban J connectivity index is 2.02. The van der Waals surface area contributed by atoms with Crippen molar-refractivity contribution in [2.24, 2.45) is 0 Å². The SMILES string of the molecule is CC(C)c1oc(NCc2ccc(Cl)cc2)nc1O. The lowest BCUT2D eigenvalue weighted by Crippen LogP contribution is -1.98. The molecule has 18 heavy (non-hydrogen) atoms. The Morgan fingerprint density at radius 2 is 2.00 bits per heavy atom. The van der Waals surface area contributed by atoms with Crippen molar-refractivity contribution in [1.29, 1.82) is 0 Å². The maximum absolute atomic E-state index is 9.57. The Morgan fingerprint density at radius 1 is 1.33 bits per heavy atom. The number of hydrogen-bond acceptors (Lipinski definition) is 4. The van der Waals surface area contributed by atoms with E-state index in [2.05, 4.69) is 10.3 Å². The van der Waals surface area contributed by atoms with Crippen molar-refractivity contribution in [2.45, 2.75) is 26.3 Å². The van der Waals surface area contributed by atoms with E-state index in [-0.39, 0.29) is 11.8 Å². The summed E-state index contributed by atoms with van der Waals surface area (Å²) in [5, 5.41) is 13.3. The molecule has 2 N–H and O–H groups in total. The molecule has 4 nitrogen and oxygen atoms in total. The first kappa shape index (κ1) is 12.8. The van der Waals surface area contributed by atoms with Crippen molar-refractivity contribution < 1.29 is 9.52 Å². The monoisotopic (exact) mass is 266 g/mol. The summed E-state index contributed by atoms with van der Waals surface area (Å²) in [6.45, 7) is 4.43. The summed E-state index contributed by atoms with van der Waals surface area (Å²) < 4.78 is 5.42. The zero-order valence-corrected chi connectivity index (χ0v) is 11.0. The van der Waals surface area contributed by atoms with Gasteiger partial charge in [-0.25, -0.2) is 0 Å². The lowest BCUT2D eigenvalue weighted by Gasteiger charge is -2.02. The number of rotatable bonds is 4. The highest BCUT2D eigenvalue weighted by Gasteiger charge is 2.14. The summed E-state index contributed by atoms with van der Waals surface area (Å²) in [4.78, 5) is 3.92. The van der Waals surface area contributed by atoms with Gasteiger partial charge in [-0.3, -0.25) is 0 Å². The van der Waals surface area contributed by atoms with Crippen LogP contribution in [0.2, 0.25) is 5.02 Å². The molecule has 0 radical (unpaired) electrons. The molecule has 2 rings (SSSR count). The fourth-order valence-corrected chi connectivity index (χ4v) is 1.68. The quantitative estimate of drug-likeness (QED) is 0.884. The summed E-state index contributed by atoms with van der Waals surface area (Å²) >= 11 is 5.80. The predicted molar refractivity (Wildman–Crippen MR) is 71.0 cm³/mol. The average Bonchev–Trinajstić information content (AvgIpc) is 2.70. The number of nitrogens with zero attached hydrogens (tertiary/aromatic N) is 1. The molecule has 0 amide bonds. The minimum Gasteiger partial charge on any atom is -0.491 e. The van der Waals surface area contributed by atoms with Crippen LogP contribution >= 0.6 is 11.6 Å². The minimum absolute atomic E-state index is 0.0522. The second-order valence-electron chi connectivity index (χ2n) is 4.34. The van der Waals surface area contributed by atoms with Gasteiger partial charge in [0.15, 0.2) is 5.76 Å². The van der Waals surface area contributed by atoms with E-state index in [1.165, 1.54) is 0 Å². The first-order valence-corrected chi connectivity index (χ1v) is 6.12. The molecule has 0 saturated carbocycles. The fourth-order valence-electron chi connectivity index (χ4n) is 1.56. The number of aromatic nitrogens is 1. The van der Waals surface area contributed by atoms with Crippen molar-refractivity contribution in [2.75, 3.05) is 5.32 Å². The molecule has 96 valence electrons. The highest BCUT2D eigenvalue weighted by Crippen LogP contribution is 2.28. The van der Waals surface area contributed by atoms with Gasteiger partial charge in [0, 0.05) is 17.5 Å². The summed E-state index contributed by atoms with van der Waals surface area (Å²) in [6, 6.07) is 7.81. The lowest BCUT2D eigenvalue weighted by molar-refractivity contribution is 0.417. The molecule has 0 bridgehead atoms. The molecule has 2 aromatic rings. The zero-order valence-electron chi connectivity index (χ0n) is 10.3. The molecule has 5 heteroatoms. The maximum Gasteiger partial charge on any atom is 0.298 e. The molecular weight excluding hydrogens is 252 g/mol. The van der Waals surface area contributed by atoms with E-state index < -0.39 is 0 Å². The summed E-state index contributed by atoms with van der Waals surface area (Å²) in [5.74, 6) is 0.542. The maximum atomic E-state index is 9.57. The fraction of sp³-hybridized carbons (Fsp3) is 0.308. The van der Waals surface area contributed by atoms with Crippen LogP contribution in [-0.2, 0) is 6.54 Å². The van der Waals surface area contributed by atoms with E-state index in [1.807, 2.05) is 38.1 Å². The van der Waals surface area contributed by atoms with Crippen LogP contribution in [0.5, 0.6) is 5.88 Å². The lowest BCUT2D eigenvalue weighted by atomic mass is 10.2. The summed E-state index contributed by atoms with van der Waals surface area (Å²) in [6.07, 6.45) is 0. The van der Waals surface area contributed by atoms with Gasteiger partial charge in [0.25, 0.3) is 11.9 Å². The van der Waals surface area contributed by atoms with E-state index in [1.54, 1.807) is 0 Å². The Hall–Kier alpha value is -1.68. The highest BCUT2D eigenvalue weighted by molar-refractivity contribution is 6.30. The van der Waals surface area contributed by atoms with E-state index in [0.29, 0.717) is 23.3 Å². The van der Waals surface area contributed by atoms with Crippen LogP contribution in [0.3, 0.4) is 0 Å². The van der Waals surface area contributed by atoms with E-state index in [4.69, 9.17) is 16.0 Å². The largest absolute Gasteiger partial charge is 0.491 e. The zero-order chi connectivity index (χ0) is 13.1. The van der Waals surface area contributed by atoms with Gasteiger partial charge in [0.05, 0.1) is 0 Å². The van der Waals surface area contributed by atoms with Crippen LogP contribution in [0.25, 0.3) is 0 Å². The summed E-state index contributed by atoms with van der Waals surface area (Å²) in [7, 11) is 0. The van der Waals surface area contributed by atoms with Gasteiger partial charge in [0.2, 0.25) is 0 Å². The number of anilines is 1. The molecule has 0 atom stereocenters. The van der Waals surface area contributed by atoms with Crippen LogP contribution in [-0.4, -0.2) is 10.1 Å². The smallest absolute Gasteiger partial charge is 0.298 e. The molecule has 0 fully saturated rings. The van der Waals surface area contributed by atoms with Gasteiger partial charge >= 0.3 is 0 Å². The molecule has 0 saturated heterocycles. The molecule has 1 aromatic carbocycles. The van der Waals surface area contributed by atoms with Gasteiger partial charge in [-0.1, -0.05) is 37.6 Å². The third-order valence-corrected chi connectivity index (χ3v) is 2.77. The first-order chi connectivity index (χ1) is 8.56. The van der Waals surface area contributed by atoms with Crippen LogP contribution in [0.1, 0.15) is 31.1 Å². The minimum atomic E-state index is -0.0522. The first-order valence-electron chi connectivity index (χ1n) is 5.74. The third kappa shape index (κ3) is 2.96. The molecule has 0 aliphatic carbocycles. The van der Waals surface area contributed by atoms with Gasteiger partial charge in [-0.2, -0.15) is 4.98 Å². The Morgan fingerprint density at radius 3 is 2.56 bits per heavy atom. The second kappa shape index (κ2) is 5.31. The predicted octanol–water partition coefficient (Wildman–Crippen LogP) is 3.77. The van der Waals surface area contributed by atoms with Crippen molar-refractivity contribution in [3.05, 3.63) is 40.6 Å². The molecule has 0 unspecified atom stereocenters. The highest BCUT2D eigenvalue weighted by atomic mass is 35.5. The van der Waals surface area contributed by atoms with Crippen molar-refractivity contribution in [1.82, 2.24) is 4.98 Å². The van der Waals surface area contributed by atoms with Crippen LogP contribution in [0.15, 0.2) is 28.7 Å². The molecule has 1 heterocycles. The third-order valence-electron chi connectivity index (χ3n) is 2.52. The van der Waals surface area contributed by atoms with Crippen molar-refractivity contribution >= 4 is 17.6 Å². The summed E-state index contributed by atoms with van der Waals surface area (Å²) in [5.41, 5.74) is 1.06. The van der Waals surface area contributed by atoms with Crippen LogP contribution in [0, 0.1) is 0 Å². The van der Waals surface area contributed by atoms with Gasteiger partial charge in [0.1, 0.15) is 0 Å². The van der Waals surface area contributed by atoms with Crippen LogP contribution in [0.4, 0.5) is 6.01 Å². The van der Waals surface area contributed by atoms with Gasteiger partial charge in [-0.05, 0) is 17.7 Å². The number of benzene rings is 1. The normalized spacial score (nSPS) is 10.9. The second-order valence-corrected chi connectivity index (χ2v) is 4.78. The average molecular weight is 267 g/mol. The molecular formula is C13H15ClN2O2. The number of halogens is 1. The van der Waals surface area contributed by atoms with Crippen molar-refractivity contribution in [3.63, 3.8) is 0 Å².